The van der Waals surface area contributed by atoms with Crippen LogP contribution < -0.4 is 5.32 Å². The fraction of sp³-hybridized carbons (Fsp3) is 0.304. The summed E-state index contributed by atoms with van der Waals surface area (Å²) in [7, 11) is 1.65. The van der Waals surface area contributed by atoms with E-state index in [-0.39, 0.29) is 24.2 Å². The van der Waals surface area contributed by atoms with Gasteiger partial charge >= 0.3 is 5.97 Å². The van der Waals surface area contributed by atoms with E-state index in [1.807, 2.05) is 30.3 Å². The highest BCUT2D eigenvalue weighted by Gasteiger charge is 2.36. The van der Waals surface area contributed by atoms with Crippen LogP contribution in [0.3, 0.4) is 0 Å². The second-order valence-electron chi connectivity index (χ2n) is 6.96. The lowest BCUT2D eigenvalue weighted by molar-refractivity contribution is -0.128. The van der Waals surface area contributed by atoms with Gasteiger partial charge in [-0.15, -0.1) is 0 Å². The third kappa shape index (κ3) is 6.18. The third-order valence-electron chi connectivity index (χ3n) is 4.69. The maximum atomic E-state index is 12.5. The molecular formula is C23H25N3O4S. The Hall–Kier alpha value is -3.13. The lowest BCUT2D eigenvalue weighted by Crippen LogP contribution is -2.33. The first-order valence-corrected chi connectivity index (χ1v) is 11.0. The Morgan fingerprint density at radius 3 is 2.52 bits per heavy atom. The molecule has 0 spiro atoms. The first-order valence-electron chi connectivity index (χ1n) is 10.1. The number of esters is 1. The molecule has 2 amide bonds. The minimum Gasteiger partial charge on any atom is -0.462 e. The summed E-state index contributed by atoms with van der Waals surface area (Å²) in [5.74, 6) is -0.692. The average molecular weight is 440 g/mol. The molecule has 3 rings (SSSR count). The zero-order valence-electron chi connectivity index (χ0n) is 17.5. The van der Waals surface area contributed by atoms with Crippen LogP contribution in [-0.4, -0.2) is 53.3 Å². The number of thioether (sulfide) groups is 1. The fourth-order valence-corrected chi connectivity index (χ4v) is 4.18. The van der Waals surface area contributed by atoms with Crippen molar-refractivity contribution >= 4 is 40.4 Å². The largest absolute Gasteiger partial charge is 0.462 e. The smallest absolute Gasteiger partial charge is 0.338 e. The van der Waals surface area contributed by atoms with E-state index < -0.39 is 5.25 Å². The van der Waals surface area contributed by atoms with Crippen LogP contribution >= 0.6 is 11.8 Å². The van der Waals surface area contributed by atoms with Crippen LogP contribution in [-0.2, 0) is 20.7 Å². The van der Waals surface area contributed by atoms with Gasteiger partial charge in [-0.05, 0) is 43.2 Å². The number of ether oxygens (including phenoxy) is 1. The molecule has 1 unspecified atom stereocenters. The molecule has 0 saturated carbocycles. The van der Waals surface area contributed by atoms with Crippen molar-refractivity contribution in [1.82, 2.24) is 10.2 Å². The van der Waals surface area contributed by atoms with Crippen LogP contribution in [0.5, 0.6) is 0 Å². The van der Waals surface area contributed by atoms with Crippen molar-refractivity contribution in [2.75, 3.05) is 20.2 Å². The minimum absolute atomic E-state index is 0.101. The minimum atomic E-state index is -0.501. The van der Waals surface area contributed by atoms with Gasteiger partial charge in [0.15, 0.2) is 5.17 Å². The third-order valence-corrected chi connectivity index (χ3v) is 5.92. The standard InChI is InChI=1S/C23H25N3O4S/c1-3-30-22(29)17-9-11-18(12-10-17)25-23-26(2)21(28)19(31-23)15-20(27)24-14-13-16-7-5-4-6-8-16/h4-12,19H,3,13-15H2,1-2H3,(H,24,27). The zero-order chi connectivity index (χ0) is 22.2. The summed E-state index contributed by atoms with van der Waals surface area (Å²) in [6.45, 7) is 2.59. The number of benzene rings is 2. The topological polar surface area (TPSA) is 88.1 Å². The molecule has 1 fully saturated rings. The van der Waals surface area contributed by atoms with Crippen molar-refractivity contribution in [3.63, 3.8) is 0 Å². The van der Waals surface area contributed by atoms with Crippen LogP contribution in [0.4, 0.5) is 5.69 Å². The van der Waals surface area contributed by atoms with Crippen LogP contribution in [0.15, 0.2) is 59.6 Å². The van der Waals surface area contributed by atoms with E-state index in [1.165, 1.54) is 16.7 Å². The maximum absolute atomic E-state index is 12.5. The van der Waals surface area contributed by atoms with E-state index >= 15 is 0 Å². The predicted molar refractivity (Wildman–Crippen MR) is 121 cm³/mol. The molecule has 1 heterocycles. The van der Waals surface area contributed by atoms with Crippen LogP contribution in [0.2, 0.25) is 0 Å². The van der Waals surface area contributed by atoms with Crippen LogP contribution in [0.1, 0.15) is 29.3 Å². The van der Waals surface area contributed by atoms with Crippen molar-refractivity contribution in [3.8, 4) is 0 Å². The normalized spacial score (nSPS) is 17.1. The summed E-state index contributed by atoms with van der Waals surface area (Å²) in [4.78, 5) is 42.5. The molecule has 0 radical (unpaired) electrons. The van der Waals surface area contributed by atoms with Gasteiger partial charge in [-0.25, -0.2) is 9.79 Å². The van der Waals surface area contributed by atoms with E-state index in [2.05, 4.69) is 10.3 Å². The molecule has 162 valence electrons. The number of amides is 2. The summed E-state index contributed by atoms with van der Waals surface area (Å²) in [6, 6.07) is 16.6. The maximum Gasteiger partial charge on any atom is 0.338 e. The van der Waals surface area contributed by atoms with Gasteiger partial charge in [0.2, 0.25) is 11.8 Å². The van der Waals surface area contributed by atoms with E-state index in [0.29, 0.717) is 29.6 Å². The summed E-state index contributed by atoms with van der Waals surface area (Å²) in [5, 5.41) is 2.90. The number of hydrogen-bond acceptors (Lipinski definition) is 6. The Labute approximate surface area is 185 Å². The lowest BCUT2D eigenvalue weighted by atomic mass is 10.1. The van der Waals surface area contributed by atoms with Crippen molar-refractivity contribution in [2.24, 2.45) is 4.99 Å². The molecule has 1 aliphatic rings. The Morgan fingerprint density at radius 2 is 1.84 bits per heavy atom. The summed E-state index contributed by atoms with van der Waals surface area (Å²) >= 11 is 1.27. The van der Waals surface area contributed by atoms with Gasteiger partial charge in [0.1, 0.15) is 5.25 Å². The molecule has 7 nitrogen and oxygen atoms in total. The summed E-state index contributed by atoms with van der Waals surface area (Å²) in [5.41, 5.74) is 2.21. The zero-order valence-corrected chi connectivity index (χ0v) is 18.4. The van der Waals surface area contributed by atoms with Crippen LogP contribution in [0.25, 0.3) is 0 Å². The Bertz CT molecular complexity index is 961. The lowest BCUT2D eigenvalue weighted by Gasteiger charge is -2.09. The predicted octanol–water partition coefficient (Wildman–Crippen LogP) is 3.17. The molecule has 2 aromatic carbocycles. The van der Waals surface area contributed by atoms with Crippen LogP contribution in [0, 0.1) is 0 Å². The SMILES string of the molecule is CCOC(=O)c1ccc(N=C2SC(CC(=O)NCCc3ccccc3)C(=O)N2C)cc1. The van der Waals surface area contributed by atoms with E-state index in [0.717, 1.165) is 12.0 Å². The van der Waals surface area contributed by atoms with Gasteiger partial charge in [0.05, 0.1) is 17.9 Å². The molecule has 8 heteroatoms. The monoisotopic (exact) mass is 439 g/mol. The second-order valence-corrected chi connectivity index (χ2v) is 8.13. The van der Waals surface area contributed by atoms with Gasteiger partial charge in [-0.2, -0.15) is 0 Å². The highest BCUT2D eigenvalue weighted by molar-refractivity contribution is 8.15. The van der Waals surface area contributed by atoms with E-state index in [1.54, 1.807) is 38.2 Å². The Kier molecular flexibility index (Phi) is 7.83. The molecule has 1 aliphatic heterocycles. The number of aliphatic imine (C=N–C) groups is 1. The highest BCUT2D eigenvalue weighted by atomic mass is 32.2. The van der Waals surface area contributed by atoms with E-state index in [9.17, 15) is 14.4 Å². The quantitative estimate of drug-likeness (QED) is 0.639. The number of nitrogens with one attached hydrogen (secondary N) is 1. The first-order chi connectivity index (χ1) is 15.0. The average Bonchev–Trinajstić information content (AvgIpc) is 3.03. The second kappa shape index (κ2) is 10.8. The van der Waals surface area contributed by atoms with Crippen molar-refractivity contribution in [1.29, 1.82) is 0 Å². The molecule has 0 aliphatic carbocycles. The van der Waals surface area contributed by atoms with Crippen molar-refractivity contribution in [2.45, 2.75) is 25.0 Å². The molecule has 0 bridgehead atoms. The summed E-state index contributed by atoms with van der Waals surface area (Å²) in [6.07, 6.45) is 0.843. The van der Waals surface area contributed by atoms with Gasteiger partial charge < -0.3 is 10.1 Å². The molecule has 31 heavy (non-hydrogen) atoms. The fourth-order valence-electron chi connectivity index (χ4n) is 3.03. The molecule has 1 saturated heterocycles. The number of nitrogens with zero attached hydrogens (tertiary/aromatic N) is 2. The Morgan fingerprint density at radius 1 is 1.13 bits per heavy atom. The highest BCUT2D eigenvalue weighted by Crippen LogP contribution is 2.30. The molecule has 1 N–H and O–H groups in total. The van der Waals surface area contributed by atoms with Crippen molar-refractivity contribution < 1.29 is 19.1 Å². The van der Waals surface area contributed by atoms with Gasteiger partial charge in [0, 0.05) is 20.0 Å². The van der Waals surface area contributed by atoms with Gasteiger partial charge in [-0.3, -0.25) is 14.5 Å². The number of rotatable bonds is 8. The molecule has 2 aromatic rings. The number of carbonyl (C=O) groups is 3. The molecular weight excluding hydrogens is 414 g/mol. The number of hydrogen-bond donors (Lipinski definition) is 1. The molecule has 0 aromatic heterocycles. The molecule has 1 atom stereocenters. The number of amidine groups is 1. The van der Waals surface area contributed by atoms with E-state index in [4.69, 9.17) is 4.74 Å². The first kappa shape index (κ1) is 22.6. The van der Waals surface area contributed by atoms with Gasteiger partial charge in [0.25, 0.3) is 0 Å². The number of carbonyl (C=O) groups excluding carboxylic acids is 3. The van der Waals surface area contributed by atoms with Crippen molar-refractivity contribution in [3.05, 3.63) is 65.7 Å². The Balaban J connectivity index is 1.54. The van der Waals surface area contributed by atoms with Gasteiger partial charge in [-0.1, -0.05) is 42.1 Å². The summed E-state index contributed by atoms with van der Waals surface area (Å²) < 4.78 is 4.97.